The largest absolute Gasteiger partial charge is 0.466 e. The molecular formula is C19H23N3O2. The Kier molecular flexibility index (Phi) is 4.81. The van der Waals surface area contributed by atoms with E-state index in [9.17, 15) is 0 Å². The molecule has 1 N–H and O–H groups in total. The van der Waals surface area contributed by atoms with Crippen LogP contribution in [0.25, 0.3) is 11.5 Å². The van der Waals surface area contributed by atoms with Gasteiger partial charge in [0.25, 0.3) is 5.89 Å². The van der Waals surface area contributed by atoms with Gasteiger partial charge in [0.05, 0.1) is 12.1 Å². The van der Waals surface area contributed by atoms with Crippen molar-refractivity contribution in [2.24, 2.45) is 0 Å². The maximum atomic E-state index is 5.75. The standard InChI is InChI=1S/C19H23N3O2/c1-12-10-17(15(4)23-12)19-22-21-18(24-19)11-20-14(3)13(2)16-8-6-5-7-9-16/h5-10,13-14,20H,11H2,1-4H3. The SMILES string of the molecule is Cc1cc(-c2nnc(CNC(C)C(C)c3ccccc3)o2)c(C)o1. The number of nitrogens with zero attached hydrogens (tertiary/aromatic N) is 2. The van der Waals surface area contributed by atoms with Gasteiger partial charge in [0.2, 0.25) is 5.89 Å². The molecule has 2 atom stereocenters. The van der Waals surface area contributed by atoms with Crippen molar-refractivity contribution in [1.29, 1.82) is 0 Å². The first-order valence-electron chi connectivity index (χ1n) is 8.22. The molecule has 1 aromatic carbocycles. The highest BCUT2D eigenvalue weighted by atomic mass is 16.4. The molecule has 0 saturated carbocycles. The Labute approximate surface area is 142 Å². The second-order valence-electron chi connectivity index (χ2n) is 6.20. The number of hydrogen-bond acceptors (Lipinski definition) is 5. The molecule has 2 unspecified atom stereocenters. The summed E-state index contributed by atoms with van der Waals surface area (Å²) < 4.78 is 11.3. The number of benzene rings is 1. The van der Waals surface area contributed by atoms with E-state index in [1.165, 1.54) is 5.56 Å². The van der Waals surface area contributed by atoms with Crippen LogP contribution in [-0.4, -0.2) is 16.2 Å². The van der Waals surface area contributed by atoms with Gasteiger partial charge in [-0.2, -0.15) is 0 Å². The van der Waals surface area contributed by atoms with Crippen molar-refractivity contribution in [3.63, 3.8) is 0 Å². The third kappa shape index (κ3) is 3.57. The Morgan fingerprint density at radius 3 is 2.46 bits per heavy atom. The molecule has 0 fully saturated rings. The minimum atomic E-state index is 0.292. The molecule has 0 spiro atoms. The van der Waals surface area contributed by atoms with Crippen LogP contribution in [0.4, 0.5) is 0 Å². The molecule has 2 aromatic heterocycles. The molecule has 5 heteroatoms. The third-order valence-electron chi connectivity index (χ3n) is 4.39. The second-order valence-corrected chi connectivity index (χ2v) is 6.20. The van der Waals surface area contributed by atoms with Crippen LogP contribution in [0.5, 0.6) is 0 Å². The zero-order chi connectivity index (χ0) is 17.1. The van der Waals surface area contributed by atoms with Gasteiger partial charge in [0.1, 0.15) is 11.5 Å². The number of hydrogen-bond donors (Lipinski definition) is 1. The third-order valence-corrected chi connectivity index (χ3v) is 4.39. The molecular weight excluding hydrogens is 302 g/mol. The normalized spacial score (nSPS) is 13.8. The van der Waals surface area contributed by atoms with Crippen LogP contribution in [0, 0.1) is 13.8 Å². The molecule has 0 bridgehead atoms. The van der Waals surface area contributed by atoms with Gasteiger partial charge >= 0.3 is 0 Å². The molecule has 5 nitrogen and oxygen atoms in total. The lowest BCUT2D eigenvalue weighted by molar-refractivity contribution is 0.422. The van der Waals surface area contributed by atoms with Crippen molar-refractivity contribution in [3.8, 4) is 11.5 Å². The number of nitrogens with one attached hydrogen (secondary N) is 1. The molecule has 0 aliphatic carbocycles. The van der Waals surface area contributed by atoms with Crippen LogP contribution in [0.1, 0.15) is 42.7 Å². The summed E-state index contributed by atoms with van der Waals surface area (Å²) in [5.41, 5.74) is 2.17. The average molecular weight is 325 g/mol. The van der Waals surface area contributed by atoms with Crippen LogP contribution in [0.15, 0.2) is 45.2 Å². The van der Waals surface area contributed by atoms with Gasteiger partial charge in [-0.15, -0.1) is 10.2 Å². The van der Waals surface area contributed by atoms with Gasteiger partial charge < -0.3 is 14.2 Å². The lowest BCUT2D eigenvalue weighted by Crippen LogP contribution is -2.30. The van der Waals surface area contributed by atoms with Crippen molar-refractivity contribution in [2.45, 2.75) is 46.2 Å². The lowest BCUT2D eigenvalue weighted by Gasteiger charge is -2.21. The first-order chi connectivity index (χ1) is 11.5. The van der Waals surface area contributed by atoms with Crippen molar-refractivity contribution < 1.29 is 8.83 Å². The monoisotopic (exact) mass is 325 g/mol. The van der Waals surface area contributed by atoms with E-state index < -0.39 is 0 Å². The highest BCUT2D eigenvalue weighted by Gasteiger charge is 2.17. The Balaban J connectivity index is 1.62. The van der Waals surface area contributed by atoms with Gasteiger partial charge in [0, 0.05) is 6.04 Å². The summed E-state index contributed by atoms with van der Waals surface area (Å²) in [5, 5.41) is 11.7. The number of aryl methyl sites for hydroxylation is 2. The fourth-order valence-electron chi connectivity index (χ4n) is 2.75. The summed E-state index contributed by atoms with van der Waals surface area (Å²) in [6.07, 6.45) is 0. The highest BCUT2D eigenvalue weighted by molar-refractivity contribution is 5.55. The van der Waals surface area contributed by atoms with E-state index in [0.29, 0.717) is 30.3 Å². The van der Waals surface area contributed by atoms with Crippen molar-refractivity contribution in [3.05, 3.63) is 59.4 Å². The number of furan rings is 1. The number of aromatic nitrogens is 2. The fourth-order valence-corrected chi connectivity index (χ4v) is 2.75. The van der Waals surface area contributed by atoms with Gasteiger partial charge in [-0.05, 0) is 38.3 Å². The molecule has 0 radical (unpaired) electrons. The van der Waals surface area contributed by atoms with Crippen molar-refractivity contribution >= 4 is 0 Å². The molecule has 3 aromatic rings. The van der Waals surface area contributed by atoms with E-state index in [4.69, 9.17) is 8.83 Å². The summed E-state index contributed by atoms with van der Waals surface area (Å²) in [6.45, 7) is 8.72. The fraction of sp³-hybridized carbons (Fsp3) is 0.368. The predicted molar refractivity (Wildman–Crippen MR) is 92.6 cm³/mol. The Morgan fingerprint density at radius 2 is 1.79 bits per heavy atom. The van der Waals surface area contributed by atoms with Crippen molar-refractivity contribution in [2.75, 3.05) is 0 Å². The summed E-state index contributed by atoms with van der Waals surface area (Å²) in [6, 6.07) is 12.7. The van der Waals surface area contributed by atoms with Crippen LogP contribution >= 0.6 is 0 Å². The maximum absolute atomic E-state index is 5.75. The van der Waals surface area contributed by atoms with Crippen LogP contribution in [0.2, 0.25) is 0 Å². The van der Waals surface area contributed by atoms with Gasteiger partial charge in [0.15, 0.2) is 0 Å². The molecule has 2 heterocycles. The molecule has 126 valence electrons. The van der Waals surface area contributed by atoms with Gasteiger partial charge in [-0.3, -0.25) is 0 Å². The first-order valence-corrected chi connectivity index (χ1v) is 8.22. The molecule has 0 amide bonds. The average Bonchev–Trinajstić information content (AvgIpc) is 3.18. The minimum absolute atomic E-state index is 0.292. The van der Waals surface area contributed by atoms with Crippen molar-refractivity contribution in [1.82, 2.24) is 15.5 Å². The quantitative estimate of drug-likeness (QED) is 0.735. The summed E-state index contributed by atoms with van der Waals surface area (Å²) in [5.74, 6) is 3.11. The number of rotatable bonds is 6. The Morgan fingerprint density at radius 1 is 1.04 bits per heavy atom. The zero-order valence-corrected chi connectivity index (χ0v) is 14.5. The van der Waals surface area contributed by atoms with Gasteiger partial charge in [-0.1, -0.05) is 37.3 Å². The Bertz CT molecular complexity index is 792. The summed E-state index contributed by atoms with van der Waals surface area (Å²) in [7, 11) is 0. The van der Waals surface area contributed by atoms with Crippen LogP contribution in [-0.2, 0) is 6.54 Å². The summed E-state index contributed by atoms with van der Waals surface area (Å²) >= 11 is 0. The highest BCUT2D eigenvalue weighted by Crippen LogP contribution is 2.25. The smallest absolute Gasteiger partial charge is 0.251 e. The van der Waals surface area contributed by atoms with Crippen LogP contribution in [0.3, 0.4) is 0 Å². The second kappa shape index (κ2) is 7.01. The molecule has 0 aliphatic heterocycles. The zero-order valence-electron chi connectivity index (χ0n) is 14.5. The Hall–Kier alpha value is -2.40. The van der Waals surface area contributed by atoms with E-state index >= 15 is 0 Å². The topological polar surface area (TPSA) is 64.1 Å². The predicted octanol–water partition coefficient (Wildman–Crippen LogP) is 4.23. The van der Waals surface area contributed by atoms with E-state index in [1.54, 1.807) is 0 Å². The minimum Gasteiger partial charge on any atom is -0.466 e. The molecule has 0 aliphatic rings. The molecule has 24 heavy (non-hydrogen) atoms. The maximum Gasteiger partial charge on any atom is 0.251 e. The van der Waals surface area contributed by atoms with Crippen LogP contribution < -0.4 is 5.32 Å². The van der Waals surface area contributed by atoms with E-state index in [-0.39, 0.29) is 0 Å². The van der Waals surface area contributed by atoms with E-state index in [0.717, 1.165) is 17.1 Å². The van der Waals surface area contributed by atoms with E-state index in [1.807, 2.05) is 26.0 Å². The molecule has 0 saturated heterocycles. The lowest BCUT2D eigenvalue weighted by atomic mass is 9.94. The summed E-state index contributed by atoms with van der Waals surface area (Å²) in [4.78, 5) is 0. The molecule has 3 rings (SSSR count). The first kappa shape index (κ1) is 16.5. The van der Waals surface area contributed by atoms with E-state index in [2.05, 4.69) is 53.6 Å². The van der Waals surface area contributed by atoms with Gasteiger partial charge in [-0.25, -0.2) is 0 Å².